The van der Waals surface area contributed by atoms with Crippen LogP contribution in [0.2, 0.25) is 5.02 Å². The maximum Gasteiger partial charge on any atom is 0.328 e. The largest absolute Gasteiger partial charge is 0.477 e. The zero-order chi connectivity index (χ0) is 24.4. The van der Waals surface area contributed by atoms with Crippen molar-refractivity contribution in [1.29, 1.82) is 0 Å². The fourth-order valence-electron chi connectivity index (χ4n) is 2.77. The molecule has 33 heavy (non-hydrogen) atoms. The molecule has 0 bridgehead atoms. The number of carbonyl (C=O) groups is 2. The van der Waals surface area contributed by atoms with Crippen LogP contribution in [-0.2, 0) is 16.4 Å². The van der Waals surface area contributed by atoms with E-state index in [9.17, 15) is 18.0 Å². The predicted octanol–water partition coefficient (Wildman–Crippen LogP) is 3.20. The van der Waals surface area contributed by atoms with Gasteiger partial charge in [-0.1, -0.05) is 37.1 Å². The van der Waals surface area contributed by atoms with Gasteiger partial charge < -0.3 is 15.4 Å². The topological polar surface area (TPSA) is 126 Å². The van der Waals surface area contributed by atoms with Crippen molar-refractivity contribution in [3.8, 4) is 5.88 Å². The molecule has 0 aliphatic rings. The molecule has 0 unspecified atom stereocenters. The number of urea groups is 1. The van der Waals surface area contributed by atoms with E-state index in [4.69, 9.17) is 16.3 Å². The van der Waals surface area contributed by atoms with Gasteiger partial charge in [-0.2, -0.15) is 0 Å². The van der Waals surface area contributed by atoms with Crippen molar-refractivity contribution in [2.75, 3.05) is 19.7 Å². The number of amides is 3. The summed E-state index contributed by atoms with van der Waals surface area (Å²) in [5, 5.41) is 5.55. The molecule has 1 aromatic carbocycles. The summed E-state index contributed by atoms with van der Waals surface area (Å²) < 4.78 is 32.0. The van der Waals surface area contributed by atoms with Crippen LogP contribution < -0.4 is 20.1 Å². The lowest BCUT2D eigenvalue weighted by atomic mass is 10.1. The third-order valence-corrected chi connectivity index (χ3v) is 6.32. The Hall–Kier alpha value is -2.85. The van der Waals surface area contributed by atoms with Gasteiger partial charge in [-0.05, 0) is 50.5 Å². The Labute approximate surface area is 199 Å². The Kier molecular flexibility index (Phi) is 9.93. The van der Waals surface area contributed by atoms with Crippen LogP contribution in [0.15, 0.2) is 35.2 Å². The summed E-state index contributed by atoms with van der Waals surface area (Å²) in [6.45, 7) is 6.54. The maximum atomic E-state index is 12.7. The number of hydrogen-bond donors (Lipinski definition) is 3. The van der Waals surface area contributed by atoms with Crippen LogP contribution in [0.5, 0.6) is 5.88 Å². The molecule has 3 amide bonds. The fraction of sp³-hybridized carbons (Fsp3) is 0.409. The van der Waals surface area contributed by atoms with Crippen molar-refractivity contribution >= 4 is 33.6 Å². The van der Waals surface area contributed by atoms with Crippen molar-refractivity contribution in [2.45, 2.75) is 44.9 Å². The first-order chi connectivity index (χ1) is 15.7. The van der Waals surface area contributed by atoms with Crippen molar-refractivity contribution in [2.24, 2.45) is 0 Å². The van der Waals surface area contributed by atoms with Gasteiger partial charge in [-0.25, -0.2) is 22.9 Å². The zero-order valence-electron chi connectivity index (χ0n) is 18.9. The minimum absolute atomic E-state index is 0.0317. The first-order valence-corrected chi connectivity index (χ1v) is 12.5. The average molecular weight is 497 g/mol. The minimum atomic E-state index is -3.96. The average Bonchev–Trinajstić information content (AvgIpc) is 2.76. The van der Waals surface area contributed by atoms with Gasteiger partial charge in [0.15, 0.2) is 0 Å². The molecule has 0 atom stereocenters. The Morgan fingerprint density at radius 2 is 1.82 bits per heavy atom. The third-order valence-electron chi connectivity index (χ3n) is 4.59. The molecular formula is C22H29ClN4O5S. The van der Waals surface area contributed by atoms with Crippen LogP contribution in [-0.4, -0.2) is 45.0 Å². The van der Waals surface area contributed by atoms with Crippen molar-refractivity contribution in [3.63, 3.8) is 0 Å². The maximum absolute atomic E-state index is 12.7. The molecule has 3 N–H and O–H groups in total. The zero-order valence-corrected chi connectivity index (χ0v) is 20.5. The number of hydrogen-bond acceptors (Lipinski definition) is 6. The van der Waals surface area contributed by atoms with E-state index in [1.807, 2.05) is 11.6 Å². The summed E-state index contributed by atoms with van der Waals surface area (Å²) in [5.74, 6) is -0.113. The van der Waals surface area contributed by atoms with Crippen LogP contribution in [0, 0.1) is 6.92 Å². The van der Waals surface area contributed by atoms with Gasteiger partial charge in [0.05, 0.1) is 22.2 Å². The Morgan fingerprint density at radius 1 is 1.12 bits per heavy atom. The molecule has 1 heterocycles. The number of unbranched alkanes of at least 4 members (excludes halogenated alkanes) is 1. The highest BCUT2D eigenvalue weighted by atomic mass is 35.5. The molecule has 0 saturated carbocycles. The van der Waals surface area contributed by atoms with Gasteiger partial charge in [-0.15, -0.1) is 0 Å². The highest BCUT2D eigenvalue weighted by molar-refractivity contribution is 7.90. The number of rotatable bonds is 11. The highest BCUT2D eigenvalue weighted by Gasteiger charge is 2.18. The molecule has 0 aliphatic carbocycles. The van der Waals surface area contributed by atoms with Crippen molar-refractivity contribution in [3.05, 3.63) is 52.2 Å². The number of aryl methyl sites for hydroxylation is 1. The highest BCUT2D eigenvalue weighted by Crippen LogP contribution is 2.23. The summed E-state index contributed by atoms with van der Waals surface area (Å²) >= 11 is 6.14. The predicted molar refractivity (Wildman–Crippen MR) is 126 cm³/mol. The van der Waals surface area contributed by atoms with Gasteiger partial charge in [0.2, 0.25) is 5.88 Å². The van der Waals surface area contributed by atoms with E-state index in [1.54, 1.807) is 32.0 Å². The summed E-state index contributed by atoms with van der Waals surface area (Å²) in [6.07, 6.45) is 2.26. The summed E-state index contributed by atoms with van der Waals surface area (Å²) in [7, 11) is -3.96. The standard InChI is InChI=1S/C22H29ClN4O5S/c1-4-6-13-32-21-18(14-19(23)15(3)26-21)20(28)25-12-11-16-7-9-17(10-8-16)33(30,31)27-22(29)24-5-2/h7-10,14H,4-6,11-13H2,1-3H3,(H,25,28)(H2,24,27,29). The first-order valence-electron chi connectivity index (χ1n) is 10.7. The van der Waals surface area contributed by atoms with E-state index in [0.717, 1.165) is 18.4 Å². The molecular weight excluding hydrogens is 468 g/mol. The second-order valence-electron chi connectivity index (χ2n) is 7.23. The Bertz CT molecular complexity index is 1070. The number of benzene rings is 1. The first kappa shape index (κ1) is 26.4. The van der Waals surface area contributed by atoms with Gasteiger partial charge in [0, 0.05) is 13.1 Å². The lowest BCUT2D eigenvalue weighted by Crippen LogP contribution is -2.39. The summed E-state index contributed by atoms with van der Waals surface area (Å²) in [5.41, 5.74) is 1.66. The molecule has 2 rings (SSSR count). The van der Waals surface area contributed by atoms with E-state index >= 15 is 0 Å². The van der Waals surface area contributed by atoms with Crippen LogP contribution in [0.1, 0.15) is 48.3 Å². The minimum Gasteiger partial charge on any atom is -0.477 e. The van der Waals surface area contributed by atoms with Crippen LogP contribution in [0.3, 0.4) is 0 Å². The monoisotopic (exact) mass is 496 g/mol. The Balaban J connectivity index is 1.98. The van der Waals surface area contributed by atoms with Crippen LogP contribution >= 0.6 is 11.6 Å². The van der Waals surface area contributed by atoms with Gasteiger partial charge in [-0.3, -0.25) is 4.79 Å². The normalized spacial score (nSPS) is 11.0. The molecule has 0 fully saturated rings. The molecule has 1 aromatic heterocycles. The van der Waals surface area contributed by atoms with Gasteiger partial charge >= 0.3 is 6.03 Å². The van der Waals surface area contributed by atoms with Crippen LogP contribution in [0.25, 0.3) is 0 Å². The molecule has 9 nitrogen and oxygen atoms in total. The van der Waals surface area contributed by atoms with E-state index in [-0.39, 0.29) is 22.2 Å². The second-order valence-corrected chi connectivity index (χ2v) is 9.31. The lowest BCUT2D eigenvalue weighted by molar-refractivity contribution is 0.0949. The number of aromatic nitrogens is 1. The molecule has 0 aliphatic heterocycles. The number of carbonyl (C=O) groups excluding carboxylic acids is 2. The SMILES string of the molecule is CCCCOc1nc(C)c(Cl)cc1C(=O)NCCc1ccc(S(=O)(=O)NC(=O)NCC)cc1. The summed E-state index contributed by atoms with van der Waals surface area (Å²) in [4.78, 5) is 28.4. The van der Waals surface area contributed by atoms with E-state index in [0.29, 0.717) is 36.8 Å². The fourth-order valence-corrected chi connectivity index (χ4v) is 3.85. The quantitative estimate of drug-likeness (QED) is 0.410. The van der Waals surface area contributed by atoms with E-state index < -0.39 is 16.1 Å². The molecule has 0 saturated heterocycles. The van der Waals surface area contributed by atoms with E-state index in [1.165, 1.54) is 12.1 Å². The number of nitrogens with one attached hydrogen (secondary N) is 3. The summed E-state index contributed by atoms with van der Waals surface area (Å²) in [6, 6.07) is 6.82. The molecule has 0 spiro atoms. The Morgan fingerprint density at radius 3 is 2.45 bits per heavy atom. The van der Waals surface area contributed by atoms with E-state index in [2.05, 4.69) is 15.6 Å². The van der Waals surface area contributed by atoms with Gasteiger partial charge in [0.1, 0.15) is 5.56 Å². The smallest absolute Gasteiger partial charge is 0.328 e. The number of halogens is 1. The number of ether oxygens (including phenoxy) is 1. The molecule has 180 valence electrons. The molecule has 11 heteroatoms. The van der Waals surface area contributed by atoms with Gasteiger partial charge in [0.25, 0.3) is 15.9 Å². The number of sulfonamides is 1. The molecule has 2 aromatic rings. The number of nitrogens with zero attached hydrogens (tertiary/aromatic N) is 1. The number of pyridine rings is 1. The van der Waals surface area contributed by atoms with Crippen molar-refractivity contribution < 1.29 is 22.7 Å². The lowest BCUT2D eigenvalue weighted by Gasteiger charge is -2.12. The molecule has 0 radical (unpaired) electrons. The third kappa shape index (κ3) is 7.90. The van der Waals surface area contributed by atoms with Crippen molar-refractivity contribution in [1.82, 2.24) is 20.3 Å². The van der Waals surface area contributed by atoms with Crippen LogP contribution in [0.4, 0.5) is 4.79 Å². The second kappa shape index (κ2) is 12.4.